The van der Waals surface area contributed by atoms with Crippen molar-refractivity contribution in [3.63, 3.8) is 0 Å². The molecule has 1 aliphatic rings. The van der Waals surface area contributed by atoms with Gasteiger partial charge in [0.15, 0.2) is 0 Å². The molecule has 0 aliphatic carbocycles. The van der Waals surface area contributed by atoms with Gasteiger partial charge in [0.2, 0.25) is 0 Å². The molecule has 5 nitrogen and oxygen atoms in total. The molecular weight excluding hydrogens is 436 g/mol. The number of hydrogen-bond donors (Lipinski definition) is 0. The van der Waals surface area contributed by atoms with Crippen molar-refractivity contribution in [3.8, 4) is 0 Å². The van der Waals surface area contributed by atoms with Gasteiger partial charge in [-0.25, -0.2) is 9.37 Å². The lowest BCUT2D eigenvalue weighted by molar-refractivity contribution is 0.0747. The fraction of sp³-hybridized carbons (Fsp3) is 0.300. The average Bonchev–Trinajstić information content (AvgIpc) is 3.08. The number of thiophene rings is 1. The van der Waals surface area contributed by atoms with Gasteiger partial charge in [-0.05, 0) is 18.2 Å². The Bertz CT molecular complexity index is 1070. The van der Waals surface area contributed by atoms with E-state index in [1.165, 1.54) is 17.4 Å². The molecule has 1 aliphatic heterocycles. The number of piperazine rings is 1. The zero-order valence-electron chi connectivity index (χ0n) is 15.6. The minimum atomic E-state index is -0.335. The number of rotatable bonds is 4. The SMILES string of the molecule is COCc1c(C(=O)N2CCN(c3ncc(Cl)cc3Cl)CC2)sc2cccc(F)c12. The van der Waals surface area contributed by atoms with Crippen LogP contribution in [-0.2, 0) is 11.3 Å². The van der Waals surface area contributed by atoms with Crippen LogP contribution in [0, 0.1) is 5.82 Å². The number of carbonyl (C=O) groups is 1. The fourth-order valence-electron chi connectivity index (χ4n) is 3.53. The molecule has 0 radical (unpaired) electrons. The Morgan fingerprint density at radius 1 is 1.28 bits per heavy atom. The predicted molar refractivity (Wildman–Crippen MR) is 115 cm³/mol. The number of ether oxygens (including phenoxy) is 1. The molecule has 3 aromatic rings. The summed E-state index contributed by atoms with van der Waals surface area (Å²) in [5, 5.41) is 1.44. The monoisotopic (exact) mass is 453 g/mol. The third-order valence-electron chi connectivity index (χ3n) is 4.90. The van der Waals surface area contributed by atoms with Crippen LogP contribution in [0.25, 0.3) is 10.1 Å². The number of halogens is 3. The first-order valence-electron chi connectivity index (χ1n) is 9.03. The van der Waals surface area contributed by atoms with Crippen molar-refractivity contribution in [1.82, 2.24) is 9.88 Å². The van der Waals surface area contributed by atoms with Crippen LogP contribution in [-0.4, -0.2) is 49.1 Å². The Hall–Kier alpha value is -1.93. The molecule has 29 heavy (non-hydrogen) atoms. The minimum absolute atomic E-state index is 0.104. The maximum atomic E-state index is 14.4. The number of anilines is 1. The van der Waals surface area contributed by atoms with E-state index in [4.69, 9.17) is 27.9 Å². The smallest absolute Gasteiger partial charge is 0.264 e. The van der Waals surface area contributed by atoms with Gasteiger partial charge in [-0.2, -0.15) is 0 Å². The normalized spacial score (nSPS) is 14.6. The molecule has 1 fully saturated rings. The molecule has 1 aromatic carbocycles. The zero-order valence-corrected chi connectivity index (χ0v) is 18.0. The summed E-state index contributed by atoms with van der Waals surface area (Å²) in [7, 11) is 1.54. The van der Waals surface area contributed by atoms with E-state index in [0.29, 0.717) is 57.9 Å². The van der Waals surface area contributed by atoms with E-state index in [1.54, 1.807) is 30.3 Å². The first-order chi connectivity index (χ1) is 14.0. The van der Waals surface area contributed by atoms with Crippen LogP contribution in [0.4, 0.5) is 10.2 Å². The first-order valence-corrected chi connectivity index (χ1v) is 10.6. The van der Waals surface area contributed by atoms with E-state index in [0.717, 1.165) is 4.70 Å². The van der Waals surface area contributed by atoms with E-state index in [-0.39, 0.29) is 18.3 Å². The molecule has 0 unspecified atom stereocenters. The van der Waals surface area contributed by atoms with Gasteiger partial charge in [0.1, 0.15) is 11.6 Å². The van der Waals surface area contributed by atoms with Gasteiger partial charge < -0.3 is 14.5 Å². The molecule has 4 rings (SSSR count). The highest BCUT2D eigenvalue weighted by atomic mass is 35.5. The van der Waals surface area contributed by atoms with Gasteiger partial charge >= 0.3 is 0 Å². The highest BCUT2D eigenvalue weighted by Crippen LogP contribution is 2.35. The molecule has 0 spiro atoms. The lowest BCUT2D eigenvalue weighted by atomic mass is 10.1. The summed E-state index contributed by atoms with van der Waals surface area (Å²) >= 11 is 13.5. The van der Waals surface area contributed by atoms with Crippen LogP contribution < -0.4 is 4.90 Å². The van der Waals surface area contributed by atoms with Gasteiger partial charge in [0.25, 0.3) is 5.91 Å². The number of hydrogen-bond acceptors (Lipinski definition) is 5. The van der Waals surface area contributed by atoms with E-state index >= 15 is 0 Å². The number of pyridine rings is 1. The number of carbonyl (C=O) groups excluding carboxylic acids is 1. The molecule has 152 valence electrons. The predicted octanol–water partition coefficient (Wildman–Crippen LogP) is 4.85. The summed E-state index contributed by atoms with van der Waals surface area (Å²) in [5.74, 6) is 0.220. The van der Waals surface area contributed by atoms with Crippen LogP contribution in [0.15, 0.2) is 30.5 Å². The molecule has 0 bridgehead atoms. The zero-order chi connectivity index (χ0) is 20.5. The Balaban J connectivity index is 1.56. The Kier molecular flexibility index (Phi) is 5.92. The van der Waals surface area contributed by atoms with Crippen molar-refractivity contribution in [2.75, 3.05) is 38.2 Å². The van der Waals surface area contributed by atoms with Crippen LogP contribution in [0.3, 0.4) is 0 Å². The average molecular weight is 454 g/mol. The number of nitrogens with zero attached hydrogens (tertiary/aromatic N) is 3. The van der Waals surface area contributed by atoms with Gasteiger partial charge in [0.05, 0.1) is 21.5 Å². The van der Waals surface area contributed by atoms with Crippen molar-refractivity contribution in [3.05, 3.63) is 56.8 Å². The maximum absolute atomic E-state index is 14.4. The number of methoxy groups -OCH3 is 1. The second kappa shape index (κ2) is 8.44. The summed E-state index contributed by atoms with van der Waals surface area (Å²) in [6, 6.07) is 6.54. The standard InChI is InChI=1S/C20H18Cl2FN3O2S/c1-28-11-13-17-15(23)3-2-4-16(17)29-18(13)20(27)26-7-5-25(6-8-26)19-14(22)9-12(21)10-24-19/h2-4,9-10H,5-8,11H2,1H3. The summed E-state index contributed by atoms with van der Waals surface area (Å²) in [6.45, 7) is 2.41. The van der Waals surface area contributed by atoms with Crippen molar-refractivity contribution in [2.24, 2.45) is 0 Å². The lowest BCUT2D eigenvalue weighted by Crippen LogP contribution is -2.49. The third-order valence-corrected chi connectivity index (χ3v) is 6.57. The van der Waals surface area contributed by atoms with Gasteiger partial charge in [0, 0.05) is 55.1 Å². The number of amides is 1. The summed E-state index contributed by atoms with van der Waals surface area (Å²) < 4.78 is 20.4. The van der Waals surface area contributed by atoms with E-state index < -0.39 is 0 Å². The van der Waals surface area contributed by atoms with Crippen LogP contribution in [0.2, 0.25) is 10.0 Å². The molecule has 3 heterocycles. The molecule has 1 amide bonds. The number of fused-ring (bicyclic) bond motifs is 1. The molecule has 0 N–H and O–H groups in total. The topological polar surface area (TPSA) is 45.7 Å². The third kappa shape index (κ3) is 3.92. The fourth-order valence-corrected chi connectivity index (χ4v) is 5.22. The van der Waals surface area contributed by atoms with Crippen LogP contribution in [0.5, 0.6) is 0 Å². The highest BCUT2D eigenvalue weighted by Gasteiger charge is 2.28. The molecule has 9 heteroatoms. The summed E-state index contributed by atoms with van der Waals surface area (Å²) in [5.41, 5.74) is 0.612. The van der Waals surface area contributed by atoms with Crippen LogP contribution in [0.1, 0.15) is 15.2 Å². The van der Waals surface area contributed by atoms with E-state index in [2.05, 4.69) is 4.98 Å². The Morgan fingerprint density at radius 2 is 2.03 bits per heavy atom. The van der Waals surface area contributed by atoms with Gasteiger partial charge in [-0.3, -0.25) is 4.79 Å². The molecule has 1 saturated heterocycles. The second-order valence-corrected chi connectivity index (χ2v) is 8.59. The Morgan fingerprint density at radius 3 is 2.72 bits per heavy atom. The molecule has 0 atom stereocenters. The van der Waals surface area contributed by atoms with Crippen molar-refractivity contribution in [2.45, 2.75) is 6.61 Å². The quantitative estimate of drug-likeness (QED) is 0.566. The lowest BCUT2D eigenvalue weighted by Gasteiger charge is -2.35. The van der Waals surface area contributed by atoms with Gasteiger partial charge in [-0.1, -0.05) is 29.3 Å². The number of benzene rings is 1. The largest absolute Gasteiger partial charge is 0.380 e. The van der Waals surface area contributed by atoms with Crippen molar-refractivity contribution in [1.29, 1.82) is 0 Å². The van der Waals surface area contributed by atoms with E-state index in [1.807, 2.05) is 11.0 Å². The summed E-state index contributed by atoms with van der Waals surface area (Å²) in [6.07, 6.45) is 1.56. The second-order valence-electron chi connectivity index (χ2n) is 6.69. The maximum Gasteiger partial charge on any atom is 0.264 e. The van der Waals surface area contributed by atoms with Crippen molar-refractivity contribution >= 4 is 56.3 Å². The minimum Gasteiger partial charge on any atom is -0.380 e. The summed E-state index contributed by atoms with van der Waals surface area (Å²) in [4.78, 5) is 21.9. The molecule has 2 aromatic heterocycles. The van der Waals surface area contributed by atoms with E-state index in [9.17, 15) is 9.18 Å². The van der Waals surface area contributed by atoms with Gasteiger partial charge in [-0.15, -0.1) is 11.3 Å². The van der Waals surface area contributed by atoms with Crippen LogP contribution >= 0.6 is 34.5 Å². The first kappa shape index (κ1) is 20.3. The highest BCUT2D eigenvalue weighted by molar-refractivity contribution is 7.21. The molecular formula is C20H18Cl2FN3O2S. The van der Waals surface area contributed by atoms with Crippen molar-refractivity contribution < 1.29 is 13.9 Å². The number of aromatic nitrogens is 1. The molecule has 0 saturated carbocycles. The Labute approximate surface area is 181 Å².